The van der Waals surface area contributed by atoms with Gasteiger partial charge in [0.2, 0.25) is 0 Å². The van der Waals surface area contributed by atoms with Crippen molar-refractivity contribution in [3.8, 4) is 0 Å². The Bertz CT molecular complexity index is 507. The molecule has 0 amide bonds. The van der Waals surface area contributed by atoms with E-state index in [0.717, 1.165) is 5.56 Å². The SMILES string of the molecule is CC(C)C(C)OS(=O)(=O)c1ccc(C(C)(C)C)cc1. The van der Waals surface area contributed by atoms with Crippen LogP contribution in [0.5, 0.6) is 0 Å². The smallest absolute Gasteiger partial charge is 0.263 e. The van der Waals surface area contributed by atoms with Gasteiger partial charge in [0.15, 0.2) is 0 Å². The molecule has 0 aliphatic heterocycles. The summed E-state index contributed by atoms with van der Waals surface area (Å²) < 4.78 is 29.4. The van der Waals surface area contributed by atoms with Crippen LogP contribution < -0.4 is 0 Å². The molecular formula is C15H24O3S. The molecule has 0 N–H and O–H groups in total. The van der Waals surface area contributed by atoms with Crippen molar-refractivity contribution in [3.63, 3.8) is 0 Å². The van der Waals surface area contributed by atoms with Crippen molar-refractivity contribution >= 4 is 10.1 Å². The summed E-state index contributed by atoms with van der Waals surface area (Å²) in [6.45, 7) is 11.9. The van der Waals surface area contributed by atoms with Crippen LogP contribution in [-0.2, 0) is 19.7 Å². The van der Waals surface area contributed by atoms with Crippen molar-refractivity contribution < 1.29 is 12.6 Å². The summed E-state index contributed by atoms with van der Waals surface area (Å²) >= 11 is 0. The van der Waals surface area contributed by atoms with E-state index in [1.54, 1.807) is 19.1 Å². The van der Waals surface area contributed by atoms with Crippen molar-refractivity contribution in [3.05, 3.63) is 29.8 Å². The van der Waals surface area contributed by atoms with Crippen molar-refractivity contribution in [1.29, 1.82) is 0 Å². The van der Waals surface area contributed by atoms with Gasteiger partial charge >= 0.3 is 0 Å². The summed E-state index contributed by atoms with van der Waals surface area (Å²) in [4.78, 5) is 0.216. The maximum absolute atomic E-state index is 12.1. The van der Waals surface area contributed by atoms with Gasteiger partial charge in [-0.25, -0.2) is 0 Å². The Hall–Kier alpha value is -0.870. The molecule has 0 saturated heterocycles. The first kappa shape index (κ1) is 16.2. The third-order valence-electron chi connectivity index (χ3n) is 3.23. The van der Waals surface area contributed by atoms with Crippen LogP contribution in [0.1, 0.15) is 47.1 Å². The molecule has 0 heterocycles. The minimum Gasteiger partial charge on any atom is -0.263 e. The predicted molar refractivity (Wildman–Crippen MR) is 77.7 cm³/mol. The van der Waals surface area contributed by atoms with Crippen molar-refractivity contribution in [1.82, 2.24) is 0 Å². The Labute approximate surface area is 117 Å². The van der Waals surface area contributed by atoms with Crippen LogP contribution in [0.15, 0.2) is 29.2 Å². The van der Waals surface area contributed by atoms with E-state index in [1.807, 2.05) is 26.0 Å². The molecule has 1 aromatic carbocycles. The first-order chi connectivity index (χ1) is 8.54. The Morgan fingerprint density at radius 3 is 1.84 bits per heavy atom. The molecule has 4 heteroatoms. The zero-order valence-electron chi connectivity index (χ0n) is 12.6. The molecule has 108 valence electrons. The second kappa shape index (κ2) is 5.63. The second-order valence-electron chi connectivity index (χ2n) is 6.27. The molecule has 0 aliphatic carbocycles. The maximum atomic E-state index is 12.1. The summed E-state index contributed by atoms with van der Waals surface area (Å²) in [5.74, 6) is 0.156. The van der Waals surface area contributed by atoms with E-state index in [4.69, 9.17) is 4.18 Å². The van der Waals surface area contributed by atoms with Gasteiger partial charge in [0.25, 0.3) is 10.1 Å². The lowest BCUT2D eigenvalue weighted by Gasteiger charge is -2.20. The van der Waals surface area contributed by atoms with E-state index in [0.29, 0.717) is 0 Å². The van der Waals surface area contributed by atoms with Gasteiger partial charge in [-0.1, -0.05) is 46.8 Å². The van der Waals surface area contributed by atoms with Crippen molar-refractivity contribution in [2.24, 2.45) is 5.92 Å². The monoisotopic (exact) mass is 284 g/mol. The van der Waals surface area contributed by atoms with Crippen LogP contribution in [0.3, 0.4) is 0 Å². The molecule has 0 saturated carbocycles. The lowest BCUT2D eigenvalue weighted by molar-refractivity contribution is 0.178. The van der Waals surface area contributed by atoms with E-state index >= 15 is 0 Å². The number of hydrogen-bond acceptors (Lipinski definition) is 3. The van der Waals surface area contributed by atoms with Gasteiger partial charge in [-0.3, -0.25) is 4.18 Å². The van der Waals surface area contributed by atoms with E-state index in [9.17, 15) is 8.42 Å². The molecule has 0 aliphatic rings. The average Bonchev–Trinajstić information content (AvgIpc) is 2.27. The number of benzene rings is 1. The molecule has 0 bridgehead atoms. The summed E-state index contributed by atoms with van der Waals surface area (Å²) in [6.07, 6.45) is -0.327. The van der Waals surface area contributed by atoms with Crippen molar-refractivity contribution in [2.75, 3.05) is 0 Å². The quantitative estimate of drug-likeness (QED) is 0.791. The van der Waals surface area contributed by atoms with Crippen molar-refractivity contribution in [2.45, 2.75) is 58.0 Å². The Kier molecular flexibility index (Phi) is 4.80. The third kappa shape index (κ3) is 4.32. The van der Waals surface area contributed by atoms with Crippen LogP contribution in [0.2, 0.25) is 0 Å². The van der Waals surface area contributed by atoms with E-state index in [-0.39, 0.29) is 22.3 Å². The fourth-order valence-electron chi connectivity index (χ4n) is 1.49. The predicted octanol–water partition coefficient (Wildman–Crippen LogP) is 3.73. The van der Waals surface area contributed by atoms with Crippen LogP contribution in [0.4, 0.5) is 0 Å². The van der Waals surface area contributed by atoms with Gasteiger partial charge in [0.05, 0.1) is 11.0 Å². The second-order valence-corrected chi connectivity index (χ2v) is 7.85. The van der Waals surface area contributed by atoms with Crippen LogP contribution >= 0.6 is 0 Å². The molecule has 3 nitrogen and oxygen atoms in total. The highest BCUT2D eigenvalue weighted by Crippen LogP contribution is 2.24. The van der Waals surface area contributed by atoms with Gasteiger partial charge < -0.3 is 0 Å². The molecule has 1 atom stereocenters. The summed E-state index contributed by atoms with van der Waals surface area (Å²) in [7, 11) is -3.67. The Balaban J connectivity index is 2.98. The molecular weight excluding hydrogens is 260 g/mol. The lowest BCUT2D eigenvalue weighted by atomic mass is 9.87. The van der Waals surface area contributed by atoms with Gasteiger partial charge in [-0.2, -0.15) is 8.42 Å². The third-order valence-corrected chi connectivity index (χ3v) is 4.63. The molecule has 0 aromatic heterocycles. The first-order valence-electron chi connectivity index (χ1n) is 6.58. The molecule has 0 fully saturated rings. The fraction of sp³-hybridized carbons (Fsp3) is 0.600. The van der Waals surface area contributed by atoms with E-state index in [1.165, 1.54) is 0 Å². The highest BCUT2D eigenvalue weighted by atomic mass is 32.2. The average molecular weight is 284 g/mol. The topological polar surface area (TPSA) is 43.4 Å². The highest BCUT2D eigenvalue weighted by molar-refractivity contribution is 7.86. The molecule has 0 radical (unpaired) electrons. The standard InChI is InChI=1S/C15H24O3S/c1-11(2)12(3)18-19(16,17)14-9-7-13(8-10-14)15(4,5)6/h7-12H,1-6H3. The molecule has 1 aromatic rings. The van der Waals surface area contributed by atoms with Crippen LogP contribution in [0, 0.1) is 5.92 Å². The van der Waals surface area contributed by atoms with Gasteiger partial charge in [0, 0.05) is 0 Å². The number of rotatable bonds is 4. The van der Waals surface area contributed by atoms with Gasteiger partial charge in [0.1, 0.15) is 0 Å². The summed E-state index contributed by atoms with van der Waals surface area (Å²) in [6, 6.07) is 6.92. The highest BCUT2D eigenvalue weighted by Gasteiger charge is 2.22. The Morgan fingerprint density at radius 1 is 1.00 bits per heavy atom. The molecule has 1 rings (SSSR count). The minimum absolute atomic E-state index is 0.00831. The largest absolute Gasteiger partial charge is 0.297 e. The zero-order valence-corrected chi connectivity index (χ0v) is 13.4. The first-order valence-corrected chi connectivity index (χ1v) is 7.98. The van der Waals surface area contributed by atoms with Gasteiger partial charge in [-0.05, 0) is 36.0 Å². The number of hydrogen-bond donors (Lipinski definition) is 0. The summed E-state index contributed by atoms with van der Waals surface area (Å²) in [5, 5.41) is 0. The van der Waals surface area contributed by atoms with E-state index in [2.05, 4.69) is 20.8 Å². The van der Waals surface area contributed by atoms with Crippen LogP contribution in [-0.4, -0.2) is 14.5 Å². The lowest BCUT2D eigenvalue weighted by Crippen LogP contribution is -2.20. The van der Waals surface area contributed by atoms with Gasteiger partial charge in [-0.15, -0.1) is 0 Å². The normalized spacial score (nSPS) is 14.7. The maximum Gasteiger partial charge on any atom is 0.297 e. The van der Waals surface area contributed by atoms with E-state index < -0.39 is 10.1 Å². The fourth-order valence-corrected chi connectivity index (χ4v) is 2.69. The zero-order chi connectivity index (χ0) is 14.8. The molecule has 0 spiro atoms. The molecule has 1 unspecified atom stereocenters. The van der Waals surface area contributed by atoms with Crippen LogP contribution in [0.25, 0.3) is 0 Å². The Morgan fingerprint density at radius 2 is 1.47 bits per heavy atom. The minimum atomic E-state index is -3.67. The summed E-state index contributed by atoms with van der Waals surface area (Å²) in [5.41, 5.74) is 1.11. The molecule has 19 heavy (non-hydrogen) atoms.